The monoisotopic (exact) mass is 119 g/mol. The largest absolute Gasteiger partial charge is 0.240 e. The normalized spacial score (nSPS) is 8.44. The van der Waals surface area contributed by atoms with Crippen LogP contribution in [-0.4, -0.2) is 9.97 Å². The molecule has 0 fully saturated rings. The van der Waals surface area contributed by atoms with Crippen LogP contribution in [0.15, 0.2) is 12.4 Å². The molecule has 0 radical (unpaired) electrons. The summed E-state index contributed by atoms with van der Waals surface area (Å²) in [6, 6.07) is 1.93. The lowest BCUT2D eigenvalue weighted by atomic mass is 10.4. The van der Waals surface area contributed by atoms with E-state index in [2.05, 4.69) is 9.97 Å². The standard InChI is InChI=1S/C6H5N3/c1-5-8-3-6(2-7)4-9-5/h3-4H,1H3. The van der Waals surface area contributed by atoms with Crippen LogP contribution in [0.2, 0.25) is 0 Å². The van der Waals surface area contributed by atoms with E-state index in [-0.39, 0.29) is 0 Å². The fourth-order valence-corrected chi connectivity index (χ4v) is 0.450. The maximum absolute atomic E-state index is 8.30. The zero-order valence-corrected chi connectivity index (χ0v) is 5.00. The van der Waals surface area contributed by atoms with Gasteiger partial charge in [0.2, 0.25) is 0 Å². The molecule has 0 aliphatic rings. The van der Waals surface area contributed by atoms with Gasteiger partial charge in [-0.2, -0.15) is 5.26 Å². The van der Waals surface area contributed by atoms with E-state index >= 15 is 0 Å². The molecule has 1 aromatic rings. The maximum Gasteiger partial charge on any atom is 0.125 e. The number of hydrogen-bond donors (Lipinski definition) is 0. The Balaban J connectivity index is 3.06. The second kappa shape index (κ2) is 2.23. The van der Waals surface area contributed by atoms with Crippen molar-refractivity contribution in [3.63, 3.8) is 0 Å². The van der Waals surface area contributed by atoms with Gasteiger partial charge in [0.05, 0.1) is 5.56 Å². The van der Waals surface area contributed by atoms with E-state index in [1.54, 1.807) is 6.92 Å². The van der Waals surface area contributed by atoms with Crippen molar-refractivity contribution in [3.05, 3.63) is 23.8 Å². The topological polar surface area (TPSA) is 49.6 Å². The first-order valence-electron chi connectivity index (χ1n) is 2.51. The first-order chi connectivity index (χ1) is 4.33. The molecule has 3 heteroatoms. The molecule has 1 aromatic heterocycles. The number of rotatable bonds is 0. The molecular formula is C6H5N3. The number of hydrogen-bond acceptors (Lipinski definition) is 3. The van der Waals surface area contributed by atoms with E-state index in [9.17, 15) is 0 Å². The molecule has 0 unspecified atom stereocenters. The summed E-state index contributed by atoms with van der Waals surface area (Å²) in [6.45, 7) is 1.78. The highest BCUT2D eigenvalue weighted by atomic mass is 14.8. The van der Waals surface area contributed by atoms with Crippen LogP contribution in [0.25, 0.3) is 0 Å². The molecule has 0 aliphatic carbocycles. The Morgan fingerprint density at radius 1 is 1.44 bits per heavy atom. The summed E-state index contributed by atoms with van der Waals surface area (Å²) in [5, 5.41) is 8.30. The van der Waals surface area contributed by atoms with Gasteiger partial charge >= 0.3 is 0 Å². The smallest absolute Gasteiger partial charge is 0.125 e. The van der Waals surface area contributed by atoms with Crippen molar-refractivity contribution < 1.29 is 0 Å². The van der Waals surface area contributed by atoms with Crippen LogP contribution in [0.4, 0.5) is 0 Å². The number of aryl methyl sites for hydroxylation is 1. The molecule has 3 nitrogen and oxygen atoms in total. The maximum atomic E-state index is 8.30. The molecule has 0 aromatic carbocycles. The quantitative estimate of drug-likeness (QED) is 0.504. The Hall–Kier alpha value is -1.43. The predicted octanol–water partition coefficient (Wildman–Crippen LogP) is 0.657. The predicted molar refractivity (Wildman–Crippen MR) is 31.5 cm³/mol. The van der Waals surface area contributed by atoms with Crippen molar-refractivity contribution in [1.29, 1.82) is 5.26 Å². The third-order valence-corrected chi connectivity index (χ3v) is 0.910. The van der Waals surface area contributed by atoms with Crippen LogP contribution in [0.3, 0.4) is 0 Å². The zero-order valence-electron chi connectivity index (χ0n) is 5.00. The van der Waals surface area contributed by atoms with Gasteiger partial charge in [0.15, 0.2) is 0 Å². The molecule has 0 amide bonds. The molecule has 0 N–H and O–H groups in total. The van der Waals surface area contributed by atoms with Crippen molar-refractivity contribution in [3.8, 4) is 6.07 Å². The molecule has 44 valence electrons. The minimum Gasteiger partial charge on any atom is -0.240 e. The van der Waals surface area contributed by atoms with E-state index in [4.69, 9.17) is 5.26 Å². The molecule has 0 bridgehead atoms. The van der Waals surface area contributed by atoms with Crippen molar-refractivity contribution in [2.45, 2.75) is 6.92 Å². The summed E-state index contributed by atoms with van der Waals surface area (Å²) < 4.78 is 0. The van der Waals surface area contributed by atoms with Gasteiger partial charge in [-0.15, -0.1) is 0 Å². The number of nitrogens with zero attached hydrogens (tertiary/aromatic N) is 3. The Bertz CT molecular complexity index is 231. The minimum absolute atomic E-state index is 0.501. The van der Waals surface area contributed by atoms with E-state index in [0.717, 1.165) is 0 Å². The number of nitriles is 1. The van der Waals surface area contributed by atoms with Gasteiger partial charge in [-0.05, 0) is 6.92 Å². The van der Waals surface area contributed by atoms with Crippen LogP contribution >= 0.6 is 0 Å². The summed E-state index contributed by atoms with van der Waals surface area (Å²) in [5.74, 6) is 0.689. The Morgan fingerprint density at radius 3 is 2.44 bits per heavy atom. The summed E-state index contributed by atoms with van der Waals surface area (Å²) in [4.78, 5) is 7.63. The van der Waals surface area contributed by atoms with E-state index in [1.807, 2.05) is 6.07 Å². The highest BCUT2D eigenvalue weighted by Crippen LogP contribution is 1.90. The lowest BCUT2D eigenvalue weighted by molar-refractivity contribution is 1.04. The third kappa shape index (κ3) is 1.23. The van der Waals surface area contributed by atoms with Crippen LogP contribution in [0.5, 0.6) is 0 Å². The lowest BCUT2D eigenvalue weighted by Crippen LogP contribution is -1.85. The first kappa shape index (κ1) is 5.70. The van der Waals surface area contributed by atoms with E-state index in [1.165, 1.54) is 12.4 Å². The van der Waals surface area contributed by atoms with Gasteiger partial charge in [-0.3, -0.25) is 0 Å². The van der Waals surface area contributed by atoms with Crippen LogP contribution in [0, 0.1) is 18.3 Å². The molecule has 9 heavy (non-hydrogen) atoms. The number of aromatic nitrogens is 2. The lowest BCUT2D eigenvalue weighted by Gasteiger charge is -1.86. The summed E-state index contributed by atoms with van der Waals surface area (Å²) in [5.41, 5.74) is 0.501. The highest BCUT2D eigenvalue weighted by molar-refractivity contribution is 5.21. The average Bonchev–Trinajstić information content (AvgIpc) is 1.90. The van der Waals surface area contributed by atoms with Gasteiger partial charge in [-0.1, -0.05) is 0 Å². The van der Waals surface area contributed by atoms with Crippen LogP contribution in [0.1, 0.15) is 11.4 Å². The SMILES string of the molecule is Cc1ncc(C#N)cn1. The van der Waals surface area contributed by atoms with Gasteiger partial charge in [-0.25, -0.2) is 9.97 Å². The van der Waals surface area contributed by atoms with Gasteiger partial charge in [0.1, 0.15) is 11.9 Å². The van der Waals surface area contributed by atoms with Crippen LogP contribution in [-0.2, 0) is 0 Å². The molecule has 0 spiro atoms. The Morgan fingerprint density at radius 2 is 2.00 bits per heavy atom. The second-order valence-corrected chi connectivity index (χ2v) is 1.63. The van der Waals surface area contributed by atoms with E-state index < -0.39 is 0 Å². The fraction of sp³-hybridized carbons (Fsp3) is 0.167. The van der Waals surface area contributed by atoms with Crippen molar-refractivity contribution in [2.75, 3.05) is 0 Å². The van der Waals surface area contributed by atoms with E-state index in [0.29, 0.717) is 11.4 Å². The van der Waals surface area contributed by atoms with Crippen molar-refractivity contribution in [1.82, 2.24) is 9.97 Å². The molecular weight excluding hydrogens is 114 g/mol. The molecule has 0 aliphatic heterocycles. The van der Waals surface area contributed by atoms with Gasteiger partial charge in [0.25, 0.3) is 0 Å². The summed E-state index contributed by atoms with van der Waals surface area (Å²) >= 11 is 0. The summed E-state index contributed by atoms with van der Waals surface area (Å²) in [6.07, 6.45) is 3.00. The molecule has 1 heterocycles. The zero-order chi connectivity index (χ0) is 6.69. The minimum atomic E-state index is 0.501. The Kier molecular flexibility index (Phi) is 1.41. The molecule has 1 rings (SSSR count). The molecule has 0 saturated heterocycles. The molecule has 0 saturated carbocycles. The average molecular weight is 119 g/mol. The summed E-state index contributed by atoms with van der Waals surface area (Å²) in [7, 11) is 0. The first-order valence-corrected chi connectivity index (χ1v) is 2.51. The van der Waals surface area contributed by atoms with Gasteiger partial charge < -0.3 is 0 Å². The Labute approximate surface area is 53.0 Å². The highest BCUT2D eigenvalue weighted by Gasteiger charge is 1.87. The third-order valence-electron chi connectivity index (χ3n) is 0.910. The van der Waals surface area contributed by atoms with Gasteiger partial charge in [0, 0.05) is 12.4 Å². The van der Waals surface area contributed by atoms with Crippen LogP contribution < -0.4 is 0 Å². The molecule has 0 atom stereocenters. The van der Waals surface area contributed by atoms with Crippen molar-refractivity contribution in [2.24, 2.45) is 0 Å². The van der Waals surface area contributed by atoms with Crippen molar-refractivity contribution >= 4 is 0 Å². The second-order valence-electron chi connectivity index (χ2n) is 1.63. The fourth-order valence-electron chi connectivity index (χ4n) is 0.450.